The number of hydrogen-bond donors (Lipinski definition) is 2. The van der Waals surface area contributed by atoms with E-state index in [0.29, 0.717) is 41.5 Å². The first-order valence-electron chi connectivity index (χ1n) is 10.2. The van der Waals surface area contributed by atoms with Crippen LogP contribution in [0.4, 0.5) is 5.69 Å². The van der Waals surface area contributed by atoms with Crippen molar-refractivity contribution < 1.29 is 22.7 Å². The second kappa shape index (κ2) is 8.92. The Hall–Kier alpha value is -3.52. The van der Waals surface area contributed by atoms with Crippen LogP contribution >= 0.6 is 0 Å². The summed E-state index contributed by atoms with van der Waals surface area (Å²) >= 11 is 0. The number of rotatable bonds is 6. The summed E-state index contributed by atoms with van der Waals surface area (Å²) in [5.74, 6) is 1.11. The van der Waals surface area contributed by atoms with Crippen LogP contribution in [0.5, 0.6) is 11.5 Å². The molecule has 4 rings (SSSR count). The van der Waals surface area contributed by atoms with Gasteiger partial charge in [-0.05, 0) is 67.4 Å². The van der Waals surface area contributed by atoms with E-state index in [0.717, 1.165) is 5.56 Å². The molecular weight excluding hydrogens is 428 g/mol. The van der Waals surface area contributed by atoms with E-state index in [1.165, 1.54) is 12.1 Å². The number of benzene rings is 3. The summed E-state index contributed by atoms with van der Waals surface area (Å²) in [7, 11) is -3.70. The largest absolute Gasteiger partial charge is 0.486 e. The second-order valence-electron chi connectivity index (χ2n) is 7.55. The zero-order valence-corrected chi connectivity index (χ0v) is 18.6. The highest BCUT2D eigenvalue weighted by Crippen LogP contribution is 2.32. The number of aryl methyl sites for hydroxylation is 1. The monoisotopic (exact) mass is 452 g/mol. The summed E-state index contributed by atoms with van der Waals surface area (Å²) in [6, 6.07) is 18.3. The molecule has 0 fully saturated rings. The first kappa shape index (κ1) is 21.7. The van der Waals surface area contributed by atoms with Gasteiger partial charge in [-0.15, -0.1) is 0 Å². The summed E-state index contributed by atoms with van der Waals surface area (Å²) < 4.78 is 38.9. The Kier molecular flexibility index (Phi) is 6.05. The highest BCUT2D eigenvalue weighted by atomic mass is 32.2. The zero-order chi connectivity index (χ0) is 22.7. The Bertz CT molecular complexity index is 1240. The van der Waals surface area contributed by atoms with Crippen LogP contribution in [0.2, 0.25) is 0 Å². The smallest absolute Gasteiger partial charge is 0.261 e. The van der Waals surface area contributed by atoms with Crippen molar-refractivity contribution in [3.05, 3.63) is 83.4 Å². The number of hydrogen-bond acceptors (Lipinski definition) is 5. The molecule has 1 aliphatic rings. The van der Waals surface area contributed by atoms with Crippen molar-refractivity contribution in [1.82, 2.24) is 5.32 Å². The zero-order valence-electron chi connectivity index (χ0n) is 17.8. The van der Waals surface area contributed by atoms with Gasteiger partial charge in [-0.3, -0.25) is 9.52 Å². The van der Waals surface area contributed by atoms with Gasteiger partial charge in [0.05, 0.1) is 16.6 Å². The summed E-state index contributed by atoms with van der Waals surface area (Å²) in [6.07, 6.45) is 0. The molecule has 32 heavy (non-hydrogen) atoms. The van der Waals surface area contributed by atoms with Crippen LogP contribution in [0.15, 0.2) is 71.6 Å². The first-order valence-corrected chi connectivity index (χ1v) is 11.7. The van der Waals surface area contributed by atoms with Gasteiger partial charge < -0.3 is 14.8 Å². The number of carbonyl (C=O) groups excluding carboxylic acids is 1. The number of anilines is 1. The lowest BCUT2D eigenvalue weighted by atomic mass is 10.1. The third-order valence-electron chi connectivity index (χ3n) is 5.20. The molecule has 2 N–H and O–H groups in total. The maximum Gasteiger partial charge on any atom is 0.261 e. The summed E-state index contributed by atoms with van der Waals surface area (Å²) in [5.41, 5.74) is 2.40. The molecule has 7 nitrogen and oxygen atoms in total. The van der Waals surface area contributed by atoms with Crippen LogP contribution in [0, 0.1) is 6.92 Å². The number of amides is 1. The van der Waals surface area contributed by atoms with Crippen molar-refractivity contribution in [3.63, 3.8) is 0 Å². The van der Waals surface area contributed by atoms with Gasteiger partial charge in [0.25, 0.3) is 15.9 Å². The van der Waals surface area contributed by atoms with Crippen molar-refractivity contribution in [2.45, 2.75) is 24.8 Å². The predicted octanol–water partition coefficient (Wildman–Crippen LogP) is 4.06. The predicted molar refractivity (Wildman–Crippen MR) is 122 cm³/mol. The molecule has 8 heteroatoms. The van der Waals surface area contributed by atoms with Gasteiger partial charge in [-0.2, -0.15) is 0 Å². The number of sulfonamides is 1. The fraction of sp³-hybridized carbons (Fsp3) is 0.208. The quantitative estimate of drug-likeness (QED) is 0.588. The Morgan fingerprint density at radius 1 is 0.938 bits per heavy atom. The van der Waals surface area contributed by atoms with Crippen LogP contribution in [0.25, 0.3) is 0 Å². The summed E-state index contributed by atoms with van der Waals surface area (Å²) in [4.78, 5) is 13.0. The minimum Gasteiger partial charge on any atom is -0.486 e. The minimum absolute atomic E-state index is 0.175. The Morgan fingerprint density at radius 2 is 1.66 bits per heavy atom. The van der Waals surface area contributed by atoms with E-state index >= 15 is 0 Å². The summed E-state index contributed by atoms with van der Waals surface area (Å²) in [5, 5.41) is 2.97. The van der Waals surface area contributed by atoms with Gasteiger partial charge in [0.1, 0.15) is 13.2 Å². The molecule has 3 aromatic rings. The molecule has 3 aromatic carbocycles. The topological polar surface area (TPSA) is 93.7 Å². The van der Waals surface area contributed by atoms with Gasteiger partial charge in [-0.25, -0.2) is 8.42 Å². The fourth-order valence-corrected chi connectivity index (χ4v) is 4.57. The van der Waals surface area contributed by atoms with Gasteiger partial charge in [0, 0.05) is 5.56 Å². The van der Waals surface area contributed by atoms with Crippen molar-refractivity contribution in [1.29, 1.82) is 0 Å². The molecule has 0 saturated carbocycles. The molecule has 1 unspecified atom stereocenters. The number of nitrogens with one attached hydrogen (secondary N) is 2. The van der Waals surface area contributed by atoms with Crippen molar-refractivity contribution in [2.75, 3.05) is 17.9 Å². The van der Waals surface area contributed by atoms with Crippen molar-refractivity contribution in [3.8, 4) is 11.5 Å². The van der Waals surface area contributed by atoms with Crippen LogP contribution in [-0.4, -0.2) is 27.5 Å². The Balaban J connectivity index is 1.46. The molecule has 0 radical (unpaired) electrons. The van der Waals surface area contributed by atoms with E-state index in [2.05, 4.69) is 10.0 Å². The van der Waals surface area contributed by atoms with E-state index < -0.39 is 10.0 Å². The lowest BCUT2D eigenvalue weighted by Crippen LogP contribution is -2.27. The van der Waals surface area contributed by atoms with Gasteiger partial charge in [0.2, 0.25) is 0 Å². The van der Waals surface area contributed by atoms with Gasteiger partial charge in [-0.1, -0.05) is 24.3 Å². The van der Waals surface area contributed by atoms with E-state index in [-0.39, 0.29) is 16.8 Å². The maximum absolute atomic E-state index is 12.8. The summed E-state index contributed by atoms with van der Waals surface area (Å²) in [6.45, 7) is 4.66. The van der Waals surface area contributed by atoms with E-state index in [4.69, 9.17) is 9.47 Å². The van der Waals surface area contributed by atoms with Gasteiger partial charge in [0.15, 0.2) is 11.5 Å². The third-order valence-corrected chi connectivity index (χ3v) is 6.58. The fourth-order valence-electron chi connectivity index (χ4n) is 3.42. The van der Waals surface area contributed by atoms with Crippen LogP contribution < -0.4 is 19.5 Å². The van der Waals surface area contributed by atoms with Crippen LogP contribution in [0.3, 0.4) is 0 Å². The van der Waals surface area contributed by atoms with Crippen molar-refractivity contribution >= 4 is 21.6 Å². The molecule has 1 amide bonds. The molecule has 1 heterocycles. The Labute approximate surface area is 187 Å². The standard InChI is InChI=1S/C24H24N2O5S/c1-16-14-19(8-10-21(16)26-32(28,29)20-6-4-3-5-7-20)24(27)25-17(2)18-9-11-22-23(15-18)31-13-12-30-22/h3-11,14-15,17,26H,12-13H2,1-2H3,(H,25,27). The van der Waals surface area contributed by atoms with E-state index in [9.17, 15) is 13.2 Å². The van der Waals surface area contributed by atoms with E-state index in [1.807, 2.05) is 25.1 Å². The molecule has 0 saturated heterocycles. The Morgan fingerprint density at radius 3 is 2.38 bits per heavy atom. The van der Waals surface area contributed by atoms with Crippen LogP contribution in [0.1, 0.15) is 34.5 Å². The van der Waals surface area contributed by atoms with E-state index in [1.54, 1.807) is 43.3 Å². The lowest BCUT2D eigenvalue weighted by molar-refractivity contribution is 0.0939. The molecule has 1 atom stereocenters. The second-order valence-corrected chi connectivity index (χ2v) is 9.23. The van der Waals surface area contributed by atoms with Crippen molar-refractivity contribution in [2.24, 2.45) is 0 Å². The first-order chi connectivity index (χ1) is 15.3. The molecule has 0 spiro atoms. The number of ether oxygens (including phenoxy) is 2. The number of carbonyl (C=O) groups is 1. The molecule has 1 aliphatic heterocycles. The SMILES string of the molecule is Cc1cc(C(=O)NC(C)c2ccc3c(c2)OCCO3)ccc1NS(=O)(=O)c1ccccc1. The average Bonchev–Trinajstić information content (AvgIpc) is 2.80. The van der Waals surface area contributed by atoms with Gasteiger partial charge >= 0.3 is 0 Å². The highest BCUT2D eigenvalue weighted by molar-refractivity contribution is 7.92. The molecular formula is C24H24N2O5S. The lowest BCUT2D eigenvalue weighted by Gasteiger charge is -2.21. The third kappa shape index (κ3) is 4.70. The average molecular weight is 453 g/mol. The molecule has 0 aromatic heterocycles. The molecule has 0 bridgehead atoms. The maximum atomic E-state index is 12.8. The molecule has 166 valence electrons. The number of fused-ring (bicyclic) bond motifs is 1. The molecule has 0 aliphatic carbocycles. The minimum atomic E-state index is -3.70. The van der Waals surface area contributed by atoms with Crippen LogP contribution in [-0.2, 0) is 10.0 Å². The normalized spacial score (nSPS) is 13.8. The highest BCUT2D eigenvalue weighted by Gasteiger charge is 2.18.